The van der Waals surface area contributed by atoms with E-state index in [0.29, 0.717) is 0 Å². The van der Waals surface area contributed by atoms with Crippen molar-refractivity contribution in [2.24, 2.45) is 5.73 Å². The molecule has 112 valence electrons. The lowest BCUT2D eigenvalue weighted by atomic mass is 9.81. The Kier molecular flexibility index (Phi) is 6.49. The first-order valence-electron chi connectivity index (χ1n) is 6.86. The maximum atomic E-state index is 12.3. The molecule has 3 nitrogen and oxygen atoms in total. The molecule has 0 aromatic heterocycles. The molecular formula is C15H22BrClN2O. The van der Waals surface area contributed by atoms with Crippen LogP contribution in [-0.2, 0) is 4.79 Å². The molecule has 0 radical (unpaired) electrons. The Hall–Kier alpha value is -0.580. The Labute approximate surface area is 135 Å². The molecule has 2 rings (SSSR count). The van der Waals surface area contributed by atoms with Gasteiger partial charge in [-0.25, -0.2) is 0 Å². The van der Waals surface area contributed by atoms with Crippen molar-refractivity contribution >= 4 is 34.2 Å². The molecule has 20 heavy (non-hydrogen) atoms. The highest BCUT2D eigenvalue weighted by atomic mass is 79.9. The van der Waals surface area contributed by atoms with Crippen molar-refractivity contribution in [2.45, 2.75) is 50.6 Å². The number of hydrogen-bond donors (Lipinski definition) is 2. The van der Waals surface area contributed by atoms with Crippen LogP contribution in [0.2, 0.25) is 0 Å². The fourth-order valence-corrected chi connectivity index (χ4v) is 3.03. The van der Waals surface area contributed by atoms with E-state index in [-0.39, 0.29) is 24.4 Å². The molecule has 1 unspecified atom stereocenters. The molecule has 0 spiro atoms. The Morgan fingerprint density at radius 1 is 1.35 bits per heavy atom. The summed E-state index contributed by atoms with van der Waals surface area (Å²) in [6, 6.07) is 7.96. The van der Waals surface area contributed by atoms with E-state index in [2.05, 4.69) is 21.2 Å². The van der Waals surface area contributed by atoms with Gasteiger partial charge in [0.25, 0.3) is 0 Å². The molecule has 0 aliphatic heterocycles. The standard InChI is InChI=1S/C15H21BrN2O.ClH/c1-11(12-6-5-7-13(16)10-12)18-14(19)15(17)8-3-2-4-9-15;/h5-7,10-11H,2-4,8-9,17H2,1H3,(H,18,19);1H. The van der Waals surface area contributed by atoms with E-state index in [0.717, 1.165) is 35.7 Å². The third-order valence-corrected chi connectivity index (χ3v) is 4.39. The summed E-state index contributed by atoms with van der Waals surface area (Å²) in [4.78, 5) is 12.3. The number of halogens is 2. The van der Waals surface area contributed by atoms with Gasteiger partial charge in [0.1, 0.15) is 0 Å². The van der Waals surface area contributed by atoms with E-state index >= 15 is 0 Å². The van der Waals surface area contributed by atoms with Gasteiger partial charge in [-0.2, -0.15) is 0 Å². The highest BCUT2D eigenvalue weighted by molar-refractivity contribution is 9.10. The van der Waals surface area contributed by atoms with Crippen molar-refractivity contribution in [2.75, 3.05) is 0 Å². The zero-order valence-corrected chi connectivity index (χ0v) is 14.1. The Morgan fingerprint density at radius 3 is 2.60 bits per heavy atom. The van der Waals surface area contributed by atoms with Gasteiger partial charge in [0.15, 0.2) is 0 Å². The van der Waals surface area contributed by atoms with Crippen LogP contribution < -0.4 is 11.1 Å². The normalized spacial score (nSPS) is 18.8. The van der Waals surface area contributed by atoms with Gasteiger partial charge in [-0.15, -0.1) is 12.4 Å². The molecule has 0 bridgehead atoms. The number of nitrogens with one attached hydrogen (secondary N) is 1. The molecule has 1 aromatic carbocycles. The smallest absolute Gasteiger partial charge is 0.240 e. The largest absolute Gasteiger partial charge is 0.348 e. The average molecular weight is 362 g/mol. The molecule has 5 heteroatoms. The molecular weight excluding hydrogens is 340 g/mol. The fourth-order valence-electron chi connectivity index (χ4n) is 2.61. The van der Waals surface area contributed by atoms with Crippen LogP contribution in [0, 0.1) is 0 Å². The molecule has 1 amide bonds. The summed E-state index contributed by atoms with van der Waals surface area (Å²) in [5, 5.41) is 3.05. The number of carbonyl (C=O) groups is 1. The van der Waals surface area contributed by atoms with E-state index < -0.39 is 5.54 Å². The Morgan fingerprint density at radius 2 is 2.00 bits per heavy atom. The third-order valence-electron chi connectivity index (χ3n) is 3.89. The number of hydrogen-bond acceptors (Lipinski definition) is 2. The van der Waals surface area contributed by atoms with E-state index in [4.69, 9.17) is 5.73 Å². The third kappa shape index (κ3) is 4.21. The van der Waals surface area contributed by atoms with Crippen molar-refractivity contribution in [3.05, 3.63) is 34.3 Å². The Balaban J connectivity index is 0.00000200. The number of benzene rings is 1. The predicted molar refractivity (Wildman–Crippen MR) is 88.0 cm³/mol. The molecule has 1 saturated carbocycles. The van der Waals surface area contributed by atoms with Crippen molar-refractivity contribution in [3.63, 3.8) is 0 Å². The molecule has 0 heterocycles. The SMILES string of the molecule is CC(NC(=O)C1(N)CCCCC1)c1cccc(Br)c1.Cl. The van der Waals surface area contributed by atoms with Gasteiger partial charge in [-0.05, 0) is 37.5 Å². The fraction of sp³-hybridized carbons (Fsp3) is 0.533. The first-order chi connectivity index (χ1) is 9.01. The summed E-state index contributed by atoms with van der Waals surface area (Å²) in [5.41, 5.74) is 6.65. The van der Waals surface area contributed by atoms with Crippen LogP contribution in [0.5, 0.6) is 0 Å². The molecule has 1 aliphatic rings. The lowest BCUT2D eigenvalue weighted by Gasteiger charge is -2.33. The van der Waals surface area contributed by atoms with Crippen molar-refractivity contribution in [1.29, 1.82) is 0 Å². The molecule has 3 N–H and O–H groups in total. The average Bonchev–Trinajstić information content (AvgIpc) is 2.39. The van der Waals surface area contributed by atoms with E-state index in [1.54, 1.807) is 0 Å². The zero-order valence-electron chi connectivity index (χ0n) is 11.7. The molecule has 1 atom stereocenters. The van der Waals surface area contributed by atoms with Gasteiger partial charge < -0.3 is 11.1 Å². The zero-order chi connectivity index (χ0) is 13.9. The van der Waals surface area contributed by atoms with Gasteiger partial charge in [-0.3, -0.25) is 4.79 Å². The van der Waals surface area contributed by atoms with Crippen molar-refractivity contribution in [3.8, 4) is 0 Å². The molecule has 1 fully saturated rings. The second-order valence-electron chi connectivity index (χ2n) is 5.47. The second kappa shape index (κ2) is 7.43. The van der Waals surface area contributed by atoms with Crippen LogP contribution in [0.1, 0.15) is 50.6 Å². The highest BCUT2D eigenvalue weighted by Gasteiger charge is 2.35. The summed E-state index contributed by atoms with van der Waals surface area (Å²) < 4.78 is 1.02. The second-order valence-corrected chi connectivity index (χ2v) is 6.38. The van der Waals surface area contributed by atoms with Crippen molar-refractivity contribution < 1.29 is 4.79 Å². The maximum Gasteiger partial charge on any atom is 0.240 e. The van der Waals surface area contributed by atoms with Crippen LogP contribution in [0.25, 0.3) is 0 Å². The highest BCUT2D eigenvalue weighted by Crippen LogP contribution is 2.27. The number of carbonyl (C=O) groups excluding carboxylic acids is 1. The van der Waals surface area contributed by atoms with Crippen LogP contribution >= 0.6 is 28.3 Å². The maximum absolute atomic E-state index is 12.3. The van der Waals surface area contributed by atoms with Crippen LogP contribution in [-0.4, -0.2) is 11.4 Å². The predicted octanol–water partition coefficient (Wildman–Crippen LogP) is 3.71. The summed E-state index contributed by atoms with van der Waals surface area (Å²) in [6.45, 7) is 1.99. The van der Waals surface area contributed by atoms with Gasteiger partial charge in [0.2, 0.25) is 5.91 Å². The van der Waals surface area contributed by atoms with Gasteiger partial charge >= 0.3 is 0 Å². The lowest BCUT2D eigenvalue weighted by molar-refractivity contribution is -0.128. The summed E-state index contributed by atoms with van der Waals surface area (Å²) in [5.74, 6) is -0.0142. The van der Waals surface area contributed by atoms with Gasteiger partial charge in [-0.1, -0.05) is 47.3 Å². The van der Waals surface area contributed by atoms with Crippen molar-refractivity contribution in [1.82, 2.24) is 5.32 Å². The van der Waals surface area contributed by atoms with Crippen LogP contribution in [0.3, 0.4) is 0 Å². The van der Waals surface area contributed by atoms with Crippen LogP contribution in [0.4, 0.5) is 0 Å². The molecule has 1 aromatic rings. The first-order valence-corrected chi connectivity index (χ1v) is 7.66. The van der Waals surface area contributed by atoms with Gasteiger partial charge in [0, 0.05) is 4.47 Å². The number of nitrogens with two attached hydrogens (primary N) is 1. The minimum absolute atomic E-state index is 0. The Bertz CT molecular complexity index is 461. The summed E-state index contributed by atoms with van der Waals surface area (Å²) in [6.07, 6.45) is 4.88. The quantitative estimate of drug-likeness (QED) is 0.862. The minimum Gasteiger partial charge on any atom is -0.348 e. The molecule has 1 aliphatic carbocycles. The van der Waals surface area contributed by atoms with E-state index in [9.17, 15) is 4.79 Å². The van der Waals surface area contributed by atoms with Crippen LogP contribution in [0.15, 0.2) is 28.7 Å². The first kappa shape index (κ1) is 17.5. The minimum atomic E-state index is -0.668. The number of amides is 1. The van der Waals surface area contributed by atoms with E-state index in [1.165, 1.54) is 6.42 Å². The number of rotatable bonds is 3. The topological polar surface area (TPSA) is 55.1 Å². The summed E-state index contributed by atoms with van der Waals surface area (Å²) >= 11 is 3.45. The lowest BCUT2D eigenvalue weighted by Crippen LogP contribution is -2.55. The molecule has 0 saturated heterocycles. The summed E-state index contributed by atoms with van der Waals surface area (Å²) in [7, 11) is 0. The van der Waals surface area contributed by atoms with E-state index in [1.807, 2.05) is 31.2 Å². The monoisotopic (exact) mass is 360 g/mol. The van der Waals surface area contributed by atoms with Gasteiger partial charge in [0.05, 0.1) is 11.6 Å².